The second-order valence-electron chi connectivity index (χ2n) is 5.69. The molecule has 0 fully saturated rings. The molecule has 0 aromatic rings. The molecule has 1 unspecified atom stereocenters. The molecule has 0 saturated carbocycles. The van der Waals surface area contributed by atoms with E-state index >= 15 is 0 Å². The van der Waals surface area contributed by atoms with Gasteiger partial charge in [-0.2, -0.15) is 0 Å². The van der Waals surface area contributed by atoms with Crippen molar-refractivity contribution in [3.8, 4) is 0 Å². The molecule has 0 spiro atoms. The molecule has 0 saturated heterocycles. The summed E-state index contributed by atoms with van der Waals surface area (Å²) in [4.78, 5) is 0. The lowest BCUT2D eigenvalue weighted by Crippen LogP contribution is -2.54. The summed E-state index contributed by atoms with van der Waals surface area (Å²) in [6.45, 7) is 18.2. The summed E-state index contributed by atoms with van der Waals surface area (Å²) in [7, 11) is -2.24. The third-order valence-electron chi connectivity index (χ3n) is 4.68. The Morgan fingerprint density at radius 2 is 1.56 bits per heavy atom. The summed E-state index contributed by atoms with van der Waals surface area (Å²) in [5, 5.41) is 3.82. The number of nitrogens with one attached hydrogen (secondary N) is 1. The predicted octanol–water partition coefficient (Wildman–Crippen LogP) is 3.99. The van der Waals surface area contributed by atoms with Gasteiger partial charge in [0.25, 0.3) is 0 Å². The maximum atomic E-state index is 3.99. The van der Waals surface area contributed by atoms with Crippen LogP contribution in [0.1, 0.15) is 27.7 Å². The molecule has 0 aliphatic heterocycles. The summed E-state index contributed by atoms with van der Waals surface area (Å²) in [6, 6.07) is 4.24. The van der Waals surface area contributed by atoms with Gasteiger partial charge in [0.15, 0.2) is 0 Å². The van der Waals surface area contributed by atoms with Crippen molar-refractivity contribution in [2.75, 3.05) is 6.17 Å². The van der Waals surface area contributed by atoms with Gasteiger partial charge in [-0.25, -0.2) is 0 Å². The predicted molar refractivity (Wildman–Crippen MR) is 82.3 cm³/mol. The Labute approximate surface area is 105 Å². The van der Waals surface area contributed by atoms with Crippen LogP contribution in [0.2, 0.25) is 31.2 Å². The van der Waals surface area contributed by atoms with Gasteiger partial charge in [0, 0.05) is 5.67 Å². The smallest absolute Gasteiger partial charge is 0.0886 e. The van der Waals surface area contributed by atoms with E-state index in [1.807, 2.05) is 0 Å². The highest BCUT2D eigenvalue weighted by molar-refractivity contribution is 6.84. The Balaban J connectivity index is 4.37. The van der Waals surface area contributed by atoms with Crippen LogP contribution in [0.25, 0.3) is 0 Å². The first-order valence-corrected chi connectivity index (χ1v) is 12.7. The molecule has 1 atom stereocenters. The van der Waals surface area contributed by atoms with E-state index in [4.69, 9.17) is 0 Å². The Morgan fingerprint density at radius 1 is 1.12 bits per heavy atom. The van der Waals surface area contributed by atoms with Gasteiger partial charge in [-0.05, 0) is 6.17 Å². The monoisotopic (exact) mass is 257 g/mol. The van der Waals surface area contributed by atoms with Crippen molar-refractivity contribution in [2.45, 2.75) is 64.6 Å². The van der Waals surface area contributed by atoms with E-state index < -0.39 is 16.1 Å². The fourth-order valence-electron chi connectivity index (χ4n) is 1.93. The van der Waals surface area contributed by atoms with Crippen molar-refractivity contribution in [1.82, 2.24) is 5.32 Å². The van der Waals surface area contributed by atoms with Crippen LogP contribution in [0.5, 0.6) is 0 Å². The van der Waals surface area contributed by atoms with E-state index in [1.54, 1.807) is 0 Å². The molecule has 0 rings (SSSR count). The van der Waals surface area contributed by atoms with E-state index in [-0.39, 0.29) is 0 Å². The molecular weight excluding hydrogens is 226 g/mol. The van der Waals surface area contributed by atoms with Gasteiger partial charge >= 0.3 is 0 Å². The van der Waals surface area contributed by atoms with Crippen molar-refractivity contribution in [3.05, 3.63) is 12.3 Å². The highest BCUT2D eigenvalue weighted by atomic mass is 28.3. The summed E-state index contributed by atoms with van der Waals surface area (Å²) < 4.78 is 0. The lowest BCUT2D eigenvalue weighted by atomic mass is 10.7. The normalized spacial score (nSPS) is 14.9. The van der Waals surface area contributed by atoms with E-state index in [1.165, 1.54) is 24.3 Å². The molecule has 0 radical (unpaired) electrons. The molecule has 0 aliphatic carbocycles. The molecule has 0 bridgehead atoms. The maximum absolute atomic E-state index is 3.99. The molecule has 96 valence electrons. The SMILES string of the molecule is C=C[Si](C)(C)C(C)NC[Si](CC)(CC)CC. The van der Waals surface area contributed by atoms with Crippen LogP contribution >= 0.6 is 0 Å². The van der Waals surface area contributed by atoms with E-state index in [0.29, 0.717) is 5.67 Å². The van der Waals surface area contributed by atoms with Gasteiger partial charge in [0.2, 0.25) is 0 Å². The Bertz CT molecular complexity index is 202. The molecule has 3 heteroatoms. The van der Waals surface area contributed by atoms with Crippen molar-refractivity contribution in [1.29, 1.82) is 0 Å². The van der Waals surface area contributed by atoms with Crippen LogP contribution in [0, 0.1) is 0 Å². The van der Waals surface area contributed by atoms with Gasteiger partial charge in [0.05, 0.1) is 16.1 Å². The first kappa shape index (κ1) is 16.1. The van der Waals surface area contributed by atoms with Gasteiger partial charge in [-0.15, -0.1) is 12.3 Å². The fourth-order valence-corrected chi connectivity index (χ4v) is 6.11. The van der Waals surface area contributed by atoms with Crippen LogP contribution < -0.4 is 5.32 Å². The lowest BCUT2D eigenvalue weighted by molar-refractivity contribution is 0.725. The minimum absolute atomic E-state index is 0.654. The van der Waals surface area contributed by atoms with Crippen LogP contribution in [0.15, 0.2) is 12.3 Å². The third kappa shape index (κ3) is 4.19. The Morgan fingerprint density at radius 3 is 1.88 bits per heavy atom. The zero-order valence-corrected chi connectivity index (χ0v) is 14.2. The molecule has 16 heavy (non-hydrogen) atoms. The zero-order valence-electron chi connectivity index (χ0n) is 12.2. The Hall–Kier alpha value is 0.134. The topological polar surface area (TPSA) is 12.0 Å². The molecule has 0 heterocycles. The van der Waals surface area contributed by atoms with E-state index in [0.717, 1.165) is 0 Å². The standard InChI is InChI=1S/C13H31NSi2/c1-8-15(6,7)13(5)14-12-16(9-2,10-3)11-4/h8,13-14H,1,9-12H2,2-7H3. The van der Waals surface area contributed by atoms with Gasteiger partial charge in [0.1, 0.15) is 0 Å². The molecule has 0 aliphatic rings. The van der Waals surface area contributed by atoms with Crippen LogP contribution in [0.3, 0.4) is 0 Å². The largest absolute Gasteiger partial charge is 0.319 e. The number of hydrogen-bond acceptors (Lipinski definition) is 1. The quantitative estimate of drug-likeness (QED) is 0.649. The first-order chi connectivity index (χ1) is 7.37. The molecule has 0 aromatic heterocycles. The fraction of sp³-hybridized carbons (Fsp3) is 0.846. The minimum Gasteiger partial charge on any atom is -0.319 e. The average molecular weight is 258 g/mol. The Kier molecular flexibility index (Phi) is 6.83. The van der Waals surface area contributed by atoms with Crippen molar-refractivity contribution < 1.29 is 0 Å². The van der Waals surface area contributed by atoms with Crippen LogP contribution in [-0.4, -0.2) is 28.0 Å². The second-order valence-corrected chi connectivity index (χ2v) is 16.1. The van der Waals surface area contributed by atoms with Crippen molar-refractivity contribution >= 4 is 16.1 Å². The molecule has 0 amide bonds. The summed E-state index contributed by atoms with van der Waals surface area (Å²) in [5.74, 6) is 0. The third-order valence-corrected chi connectivity index (χ3v) is 13.6. The van der Waals surface area contributed by atoms with Gasteiger partial charge < -0.3 is 5.32 Å². The zero-order chi connectivity index (χ0) is 12.8. The van der Waals surface area contributed by atoms with Crippen molar-refractivity contribution in [2.24, 2.45) is 0 Å². The van der Waals surface area contributed by atoms with E-state index in [9.17, 15) is 0 Å². The second kappa shape index (κ2) is 6.77. The summed E-state index contributed by atoms with van der Waals surface area (Å²) in [5.41, 5.74) is 2.86. The highest BCUT2D eigenvalue weighted by Crippen LogP contribution is 2.20. The van der Waals surface area contributed by atoms with Crippen molar-refractivity contribution in [3.63, 3.8) is 0 Å². The molecule has 0 aromatic carbocycles. The lowest BCUT2D eigenvalue weighted by Gasteiger charge is -2.34. The summed E-state index contributed by atoms with van der Waals surface area (Å²) in [6.07, 6.45) is 1.29. The first-order valence-electron chi connectivity index (χ1n) is 6.74. The number of hydrogen-bond donors (Lipinski definition) is 1. The van der Waals surface area contributed by atoms with Gasteiger partial charge in [-0.3, -0.25) is 0 Å². The average Bonchev–Trinajstić information content (AvgIpc) is 2.31. The molecular formula is C13H31NSi2. The molecule has 1 nitrogen and oxygen atoms in total. The van der Waals surface area contributed by atoms with Crippen LogP contribution in [-0.2, 0) is 0 Å². The highest BCUT2D eigenvalue weighted by Gasteiger charge is 2.30. The van der Waals surface area contributed by atoms with Gasteiger partial charge in [-0.1, -0.05) is 58.9 Å². The number of rotatable bonds is 8. The minimum atomic E-state index is -1.24. The van der Waals surface area contributed by atoms with E-state index in [2.05, 4.69) is 58.4 Å². The summed E-state index contributed by atoms with van der Waals surface area (Å²) >= 11 is 0. The van der Waals surface area contributed by atoms with Crippen LogP contribution in [0.4, 0.5) is 0 Å². The molecule has 1 N–H and O–H groups in total. The maximum Gasteiger partial charge on any atom is 0.0886 e.